The normalized spacial score (nSPS) is 27.2. The van der Waals surface area contributed by atoms with Gasteiger partial charge in [0.1, 0.15) is 40.9 Å². The van der Waals surface area contributed by atoms with E-state index in [0.717, 1.165) is 0 Å². The second-order valence-corrected chi connectivity index (χ2v) is 20.0. The van der Waals surface area contributed by atoms with Crippen molar-refractivity contribution in [2.45, 2.75) is 114 Å². The molecule has 0 radical (unpaired) electrons. The number of fused-ring (bicyclic) bond motifs is 3. The Hall–Kier alpha value is -5.58. The Morgan fingerprint density at radius 3 is 2.35 bits per heavy atom. The zero-order valence-corrected chi connectivity index (χ0v) is 37.0. The molecular formula is C45H57N5O11S. The monoisotopic (exact) mass is 875 g/mol. The topological polar surface area (TPSA) is 212 Å². The van der Waals surface area contributed by atoms with Crippen LogP contribution in [0.3, 0.4) is 0 Å². The van der Waals surface area contributed by atoms with Gasteiger partial charge in [-0.05, 0) is 114 Å². The minimum Gasteiger partial charge on any atom is -0.497 e. The number of nitrogens with zero attached hydrogens (tertiary/aromatic N) is 2. The lowest BCUT2D eigenvalue weighted by atomic mass is 9.88. The number of rotatable bonds is 11. The van der Waals surface area contributed by atoms with E-state index in [1.807, 2.05) is 64.1 Å². The van der Waals surface area contributed by atoms with E-state index in [1.54, 1.807) is 39.3 Å². The fourth-order valence-corrected chi connectivity index (χ4v) is 10.0. The van der Waals surface area contributed by atoms with Crippen LogP contribution in [0.2, 0.25) is 0 Å². The van der Waals surface area contributed by atoms with E-state index in [1.165, 1.54) is 4.90 Å². The third-order valence-corrected chi connectivity index (χ3v) is 14.8. The number of nitrogens with one attached hydrogen (secondary N) is 3. The number of methoxy groups -OCH3 is 2. The number of sulfonamides is 1. The summed E-state index contributed by atoms with van der Waals surface area (Å²) in [6.07, 6.45) is 4.29. The molecule has 0 spiro atoms. The largest absolute Gasteiger partial charge is 0.497 e. The molecule has 7 rings (SSSR count). The number of ether oxygens (including phenoxy) is 4. The molecule has 3 fully saturated rings. The molecule has 62 heavy (non-hydrogen) atoms. The molecule has 2 aromatic carbocycles. The van der Waals surface area contributed by atoms with Gasteiger partial charge in [-0.3, -0.25) is 19.1 Å². The van der Waals surface area contributed by atoms with Gasteiger partial charge < -0.3 is 39.6 Å². The van der Waals surface area contributed by atoms with E-state index in [4.69, 9.17) is 23.9 Å². The molecule has 4 N–H and O–H groups in total. The summed E-state index contributed by atoms with van der Waals surface area (Å²) in [6.45, 7) is 9.15. The van der Waals surface area contributed by atoms with Crippen LogP contribution in [0.5, 0.6) is 23.1 Å². The fraction of sp³-hybridized carbons (Fsp3) is 0.533. The first kappa shape index (κ1) is 44.5. The van der Waals surface area contributed by atoms with Gasteiger partial charge >= 0.3 is 6.09 Å². The number of aromatic nitrogens is 1. The average Bonchev–Trinajstić information content (AvgIpc) is 4.10. The highest BCUT2D eigenvalue weighted by Crippen LogP contribution is 2.48. The predicted octanol–water partition coefficient (Wildman–Crippen LogP) is 5.58. The van der Waals surface area contributed by atoms with Crippen LogP contribution in [0.25, 0.3) is 22.0 Å². The molecule has 1 saturated heterocycles. The van der Waals surface area contributed by atoms with E-state index >= 15 is 0 Å². The van der Waals surface area contributed by atoms with Crippen LogP contribution >= 0.6 is 0 Å². The molecule has 0 unspecified atom stereocenters. The zero-order chi connectivity index (χ0) is 44.7. The summed E-state index contributed by atoms with van der Waals surface area (Å²) in [5.41, 5.74) is -0.443. The molecule has 3 aromatic rings. The van der Waals surface area contributed by atoms with Gasteiger partial charge in [0.15, 0.2) is 5.75 Å². The number of carboxylic acid groups (broad SMARTS) is 1. The fourth-order valence-electron chi connectivity index (χ4n) is 8.71. The van der Waals surface area contributed by atoms with E-state index in [0.29, 0.717) is 71.4 Å². The van der Waals surface area contributed by atoms with Crippen molar-refractivity contribution in [3.8, 4) is 34.4 Å². The summed E-state index contributed by atoms with van der Waals surface area (Å²) in [4.78, 5) is 61.8. The minimum absolute atomic E-state index is 0.0319. The molecule has 4 aliphatic rings. The lowest BCUT2D eigenvalue weighted by Gasteiger charge is -2.32. The maximum absolute atomic E-state index is 14.7. The van der Waals surface area contributed by atoms with Crippen LogP contribution in [-0.4, -0.2) is 103 Å². The molecule has 334 valence electrons. The van der Waals surface area contributed by atoms with Crippen molar-refractivity contribution in [1.82, 2.24) is 25.2 Å². The Labute approximate surface area is 362 Å². The quantitative estimate of drug-likeness (QED) is 0.174. The van der Waals surface area contributed by atoms with E-state index in [-0.39, 0.29) is 37.3 Å². The number of hydrogen-bond donors (Lipinski definition) is 4. The molecule has 0 bridgehead atoms. The van der Waals surface area contributed by atoms with E-state index < -0.39 is 74.1 Å². The second kappa shape index (κ2) is 17.3. The third-order valence-electron chi connectivity index (χ3n) is 12.6. The Kier molecular flexibility index (Phi) is 12.4. The zero-order valence-electron chi connectivity index (χ0n) is 36.2. The number of pyridine rings is 1. The van der Waals surface area contributed by atoms with Crippen molar-refractivity contribution in [2.24, 2.45) is 17.8 Å². The highest BCUT2D eigenvalue weighted by Gasteiger charge is 2.63. The van der Waals surface area contributed by atoms with E-state index in [9.17, 15) is 32.7 Å². The summed E-state index contributed by atoms with van der Waals surface area (Å²) in [7, 11) is -0.949. The maximum atomic E-state index is 14.7. The van der Waals surface area contributed by atoms with Gasteiger partial charge in [0.05, 0.1) is 31.6 Å². The molecule has 4 amide bonds. The van der Waals surface area contributed by atoms with Crippen LogP contribution in [0.15, 0.2) is 54.6 Å². The van der Waals surface area contributed by atoms with Crippen LogP contribution in [0.1, 0.15) is 79.6 Å². The summed E-state index contributed by atoms with van der Waals surface area (Å²) in [6, 6.07) is 10.3. The van der Waals surface area contributed by atoms with E-state index in [2.05, 4.69) is 15.4 Å². The van der Waals surface area contributed by atoms with Gasteiger partial charge in [0, 0.05) is 28.7 Å². The molecule has 2 aliphatic heterocycles. The Morgan fingerprint density at radius 1 is 1.00 bits per heavy atom. The minimum atomic E-state index is -4.04. The van der Waals surface area contributed by atoms with Crippen molar-refractivity contribution in [3.63, 3.8) is 0 Å². The van der Waals surface area contributed by atoms with Gasteiger partial charge in [0.2, 0.25) is 27.7 Å². The number of carbonyl (C=O) groups is 4. The molecule has 1 aromatic heterocycles. The molecule has 2 saturated carbocycles. The average molecular weight is 876 g/mol. The number of benzene rings is 2. The predicted molar refractivity (Wildman–Crippen MR) is 231 cm³/mol. The molecular weight excluding hydrogens is 819 g/mol. The summed E-state index contributed by atoms with van der Waals surface area (Å²) in [5.74, 6) is -1.15. The molecule has 2 aliphatic carbocycles. The SMILES string of the molecule is COc1ccc2c(O[C@@H]3C[C@H]4C(=O)N[C@]5(C(=O)NS(=O)(=O)C6(C)CC6)C[C@H]5C=CCC[C@H](C)C[C@@H](C)[C@H](NC(=O)O)C(=O)N4C3)nc(-c3ccc(OC(C)C)cc3)c(OC)c2c1. The standard InChI is InChI=1S/C45H57N5O11S/c1-25(2)60-30-14-12-28(13-15-30)37-38(59-7)34-21-31(58-6)16-17-33(34)40(46-37)61-32-22-35-39(51)48-45(42(53)49-62(56,57)44(5)18-19-44)23-29(45)11-9-8-10-26(3)20-27(4)36(47-43(54)55)41(52)50(35)24-32/h9,11-17,21,25-27,29,32,35-36,47H,8,10,18-20,22-24H2,1-7H3,(H,48,51)(H,49,53)(H,54,55)/t26-,27+,29+,32+,35-,36-,45+/m0/s1. The van der Waals surface area contributed by atoms with Crippen LogP contribution in [-0.2, 0) is 24.4 Å². The first-order valence-corrected chi connectivity index (χ1v) is 22.7. The Bertz CT molecular complexity index is 2370. The van der Waals surface area contributed by atoms with Crippen LogP contribution < -0.4 is 34.3 Å². The Morgan fingerprint density at radius 2 is 1.71 bits per heavy atom. The highest BCUT2D eigenvalue weighted by atomic mass is 32.2. The van der Waals surface area contributed by atoms with Crippen molar-refractivity contribution >= 4 is 44.6 Å². The highest BCUT2D eigenvalue weighted by molar-refractivity contribution is 7.91. The van der Waals surface area contributed by atoms with Gasteiger partial charge in [0.25, 0.3) is 5.91 Å². The van der Waals surface area contributed by atoms with Crippen LogP contribution in [0.4, 0.5) is 4.79 Å². The first-order chi connectivity index (χ1) is 29.4. The molecule has 3 heterocycles. The van der Waals surface area contributed by atoms with Crippen LogP contribution in [0, 0.1) is 17.8 Å². The molecule has 16 nitrogen and oxygen atoms in total. The molecule has 17 heteroatoms. The second-order valence-electron chi connectivity index (χ2n) is 17.8. The lowest BCUT2D eigenvalue weighted by Crippen LogP contribution is -2.59. The third kappa shape index (κ3) is 8.99. The smallest absolute Gasteiger partial charge is 0.405 e. The van der Waals surface area contributed by atoms with Crippen molar-refractivity contribution in [2.75, 3.05) is 20.8 Å². The summed E-state index contributed by atoms with van der Waals surface area (Å²) < 4.78 is 51.8. The van der Waals surface area contributed by atoms with Gasteiger partial charge in [-0.25, -0.2) is 18.2 Å². The maximum Gasteiger partial charge on any atom is 0.405 e. The number of carbonyl (C=O) groups excluding carboxylic acids is 3. The van der Waals surface area contributed by atoms with Gasteiger partial charge in [-0.1, -0.05) is 26.0 Å². The number of allylic oxidation sites excluding steroid dienone is 1. The first-order valence-electron chi connectivity index (χ1n) is 21.2. The summed E-state index contributed by atoms with van der Waals surface area (Å²) in [5, 5.41) is 16.4. The van der Waals surface area contributed by atoms with Gasteiger partial charge in [-0.15, -0.1) is 0 Å². The lowest BCUT2D eigenvalue weighted by molar-refractivity contribution is -0.142. The number of hydrogen-bond acceptors (Lipinski definition) is 11. The molecule has 7 atom stereocenters. The van der Waals surface area contributed by atoms with Crippen molar-refractivity contribution < 1.29 is 51.6 Å². The number of amides is 4. The summed E-state index contributed by atoms with van der Waals surface area (Å²) >= 11 is 0. The van der Waals surface area contributed by atoms with Crippen molar-refractivity contribution in [3.05, 3.63) is 54.6 Å². The van der Waals surface area contributed by atoms with Crippen molar-refractivity contribution in [1.29, 1.82) is 0 Å². The van der Waals surface area contributed by atoms with Gasteiger partial charge in [-0.2, -0.15) is 0 Å². The Balaban J connectivity index is 1.27.